The molecule has 4 nitrogen and oxygen atoms in total. The Morgan fingerprint density at radius 1 is 1.23 bits per heavy atom. The molecule has 0 radical (unpaired) electrons. The molecule has 66 valence electrons. The van der Waals surface area contributed by atoms with Crippen LogP contribution in [0, 0.1) is 0 Å². The third-order valence-electron chi connectivity index (χ3n) is 1.60. The zero-order valence-corrected chi connectivity index (χ0v) is 7.32. The normalized spacial score (nSPS) is 13.0. The van der Waals surface area contributed by atoms with E-state index in [0.29, 0.717) is 11.0 Å². The average Bonchev–Trinajstić information content (AvgIpc) is 2.17. The number of hydrogen-bond donors (Lipinski definition) is 0. The predicted molar refractivity (Wildman–Crippen MR) is 46.7 cm³/mol. The molecular weight excluding hydrogens is 188 g/mol. The first kappa shape index (κ1) is 8.28. The molecule has 13 heavy (non-hydrogen) atoms. The van der Waals surface area contributed by atoms with E-state index in [1.165, 1.54) is 6.07 Å². The first-order chi connectivity index (χ1) is 6.27. The number of pyridine rings is 2. The zero-order chi connectivity index (χ0) is 9.26. The van der Waals surface area contributed by atoms with Crippen molar-refractivity contribution in [3.8, 4) is 0 Å². The lowest BCUT2D eigenvalue weighted by Gasteiger charge is -2.03. The molecule has 5 heteroatoms. The maximum Gasteiger partial charge on any atom is 0.114 e. The summed E-state index contributed by atoms with van der Waals surface area (Å²) >= 11 is -2.27. The lowest BCUT2D eigenvalue weighted by atomic mass is 10.3. The Hall–Kier alpha value is -1.33. The summed E-state index contributed by atoms with van der Waals surface area (Å²) in [7, 11) is 0. The van der Waals surface area contributed by atoms with Gasteiger partial charge in [0.2, 0.25) is 0 Å². The van der Waals surface area contributed by atoms with Gasteiger partial charge in [0, 0.05) is 6.20 Å². The molecule has 0 bridgehead atoms. The molecule has 2 aromatic heterocycles. The second-order valence-corrected chi connectivity index (χ2v) is 3.31. The Labute approximate surface area is 76.9 Å². The van der Waals surface area contributed by atoms with E-state index in [1.54, 1.807) is 24.4 Å². The Balaban J connectivity index is 2.69. The molecule has 1 atom stereocenters. The number of fused-ring (bicyclic) bond motifs is 1. The molecule has 2 rings (SSSR count). The SMILES string of the molecule is O=S([O-])c1ccc2ncccc2n1. The molecule has 0 N–H and O–H groups in total. The Kier molecular flexibility index (Phi) is 2.03. The van der Waals surface area contributed by atoms with Crippen molar-refractivity contribution in [3.05, 3.63) is 30.5 Å². The van der Waals surface area contributed by atoms with Gasteiger partial charge in [-0.1, -0.05) is 0 Å². The van der Waals surface area contributed by atoms with Crippen LogP contribution in [0.25, 0.3) is 11.0 Å². The first-order valence-electron chi connectivity index (χ1n) is 3.58. The Morgan fingerprint density at radius 3 is 2.85 bits per heavy atom. The second-order valence-electron chi connectivity index (χ2n) is 2.43. The number of hydrogen-bond acceptors (Lipinski definition) is 4. The highest BCUT2D eigenvalue weighted by Crippen LogP contribution is 2.10. The van der Waals surface area contributed by atoms with Crippen LogP contribution >= 0.6 is 0 Å². The molecule has 0 amide bonds. The topological polar surface area (TPSA) is 65.9 Å². The van der Waals surface area contributed by atoms with Crippen molar-refractivity contribution >= 4 is 22.1 Å². The van der Waals surface area contributed by atoms with E-state index in [4.69, 9.17) is 0 Å². The van der Waals surface area contributed by atoms with Crippen LogP contribution < -0.4 is 0 Å². The highest BCUT2D eigenvalue weighted by atomic mass is 32.2. The van der Waals surface area contributed by atoms with E-state index in [1.807, 2.05) is 0 Å². The molecule has 0 saturated heterocycles. The maximum atomic E-state index is 10.6. The van der Waals surface area contributed by atoms with Crippen molar-refractivity contribution in [1.29, 1.82) is 0 Å². The van der Waals surface area contributed by atoms with Crippen LogP contribution in [0.2, 0.25) is 0 Å². The maximum absolute atomic E-state index is 10.6. The number of aromatic nitrogens is 2. The van der Waals surface area contributed by atoms with Crippen LogP contribution in [0.15, 0.2) is 35.5 Å². The van der Waals surface area contributed by atoms with Crippen LogP contribution in [0.4, 0.5) is 0 Å². The molecule has 0 fully saturated rings. The molecule has 0 aliphatic heterocycles. The van der Waals surface area contributed by atoms with Crippen molar-refractivity contribution < 1.29 is 8.76 Å². The minimum absolute atomic E-state index is 0.0421. The van der Waals surface area contributed by atoms with E-state index >= 15 is 0 Å². The van der Waals surface area contributed by atoms with E-state index in [0.717, 1.165) is 0 Å². The molecule has 2 aromatic rings. The summed E-state index contributed by atoms with van der Waals surface area (Å²) in [5, 5.41) is 0.0421. The Morgan fingerprint density at radius 2 is 2.08 bits per heavy atom. The Bertz CT molecular complexity index is 472. The predicted octanol–water partition coefficient (Wildman–Crippen LogP) is 0.868. The fraction of sp³-hybridized carbons (Fsp3) is 0. The highest BCUT2D eigenvalue weighted by Gasteiger charge is 1.97. The molecule has 0 aromatic carbocycles. The molecule has 2 heterocycles. The van der Waals surface area contributed by atoms with Gasteiger partial charge in [-0.05, 0) is 35.3 Å². The third-order valence-corrected chi connectivity index (χ3v) is 2.17. The molecular formula is C8H5N2O2S-. The fourth-order valence-electron chi connectivity index (χ4n) is 1.03. The number of rotatable bonds is 1. The van der Waals surface area contributed by atoms with Crippen molar-refractivity contribution in [2.75, 3.05) is 0 Å². The van der Waals surface area contributed by atoms with Gasteiger partial charge in [0.25, 0.3) is 0 Å². The zero-order valence-electron chi connectivity index (χ0n) is 6.51. The summed E-state index contributed by atoms with van der Waals surface area (Å²) in [6.07, 6.45) is 1.64. The lowest BCUT2D eigenvalue weighted by Crippen LogP contribution is -1.93. The van der Waals surface area contributed by atoms with Gasteiger partial charge in [0.05, 0.1) is 11.0 Å². The third kappa shape index (κ3) is 1.56. The minimum atomic E-state index is -2.27. The number of nitrogens with zero attached hydrogens (tertiary/aromatic N) is 2. The summed E-state index contributed by atoms with van der Waals surface area (Å²) in [6.45, 7) is 0. The molecule has 0 aliphatic carbocycles. The largest absolute Gasteiger partial charge is 0.767 e. The first-order valence-corrected chi connectivity index (χ1v) is 4.66. The average molecular weight is 193 g/mol. The van der Waals surface area contributed by atoms with E-state index in [-0.39, 0.29) is 5.03 Å². The van der Waals surface area contributed by atoms with Gasteiger partial charge in [-0.15, -0.1) is 0 Å². The highest BCUT2D eigenvalue weighted by molar-refractivity contribution is 7.79. The molecule has 0 saturated carbocycles. The van der Waals surface area contributed by atoms with Gasteiger partial charge in [-0.3, -0.25) is 9.19 Å². The van der Waals surface area contributed by atoms with Crippen molar-refractivity contribution in [2.24, 2.45) is 0 Å². The summed E-state index contributed by atoms with van der Waals surface area (Å²) < 4.78 is 21.1. The smallest absolute Gasteiger partial charge is 0.114 e. The summed E-state index contributed by atoms with van der Waals surface area (Å²) in [6, 6.07) is 6.50. The van der Waals surface area contributed by atoms with Crippen LogP contribution in [-0.4, -0.2) is 18.7 Å². The van der Waals surface area contributed by atoms with Crippen molar-refractivity contribution in [3.63, 3.8) is 0 Å². The molecule has 0 aliphatic rings. The van der Waals surface area contributed by atoms with Gasteiger partial charge >= 0.3 is 0 Å². The summed E-state index contributed by atoms with van der Waals surface area (Å²) in [5.41, 5.74) is 1.28. The minimum Gasteiger partial charge on any atom is -0.767 e. The lowest BCUT2D eigenvalue weighted by molar-refractivity contribution is 0.534. The van der Waals surface area contributed by atoms with Gasteiger partial charge in [-0.2, -0.15) is 0 Å². The van der Waals surface area contributed by atoms with Gasteiger partial charge in [-0.25, -0.2) is 4.98 Å². The molecule has 0 spiro atoms. The fourth-order valence-corrected chi connectivity index (χ4v) is 1.38. The van der Waals surface area contributed by atoms with Crippen LogP contribution in [0.1, 0.15) is 0 Å². The van der Waals surface area contributed by atoms with Crippen LogP contribution in [-0.2, 0) is 11.1 Å². The van der Waals surface area contributed by atoms with E-state index in [9.17, 15) is 8.76 Å². The van der Waals surface area contributed by atoms with E-state index in [2.05, 4.69) is 9.97 Å². The van der Waals surface area contributed by atoms with Gasteiger partial charge in [0.15, 0.2) is 0 Å². The molecule has 1 unspecified atom stereocenters. The van der Waals surface area contributed by atoms with Crippen LogP contribution in [0.5, 0.6) is 0 Å². The standard InChI is InChI=1S/C8H6N2O2S/c11-13(12)8-4-3-6-7(10-8)2-1-5-9-6/h1-5H,(H,11,12)/p-1. The van der Waals surface area contributed by atoms with E-state index < -0.39 is 11.1 Å². The quantitative estimate of drug-likeness (QED) is 0.630. The van der Waals surface area contributed by atoms with Crippen molar-refractivity contribution in [2.45, 2.75) is 5.03 Å². The summed E-state index contributed by atoms with van der Waals surface area (Å²) in [4.78, 5) is 7.92. The van der Waals surface area contributed by atoms with Crippen LogP contribution in [0.3, 0.4) is 0 Å². The van der Waals surface area contributed by atoms with Gasteiger partial charge in [0.1, 0.15) is 5.03 Å². The summed E-state index contributed by atoms with van der Waals surface area (Å²) in [5.74, 6) is 0. The monoisotopic (exact) mass is 193 g/mol. The second kappa shape index (κ2) is 3.20. The van der Waals surface area contributed by atoms with Crippen molar-refractivity contribution in [1.82, 2.24) is 9.97 Å². The van der Waals surface area contributed by atoms with Gasteiger partial charge < -0.3 is 4.55 Å².